The average Bonchev–Trinajstić information content (AvgIpc) is 3.77. The van der Waals surface area contributed by atoms with Gasteiger partial charge in [-0.3, -0.25) is 24.5 Å². The van der Waals surface area contributed by atoms with Crippen LogP contribution in [0.5, 0.6) is 5.75 Å². The van der Waals surface area contributed by atoms with Crippen molar-refractivity contribution in [2.45, 2.75) is 114 Å². The molecule has 0 spiro atoms. The van der Waals surface area contributed by atoms with E-state index in [-0.39, 0.29) is 47.7 Å². The molecule has 14 heteroatoms. The van der Waals surface area contributed by atoms with Crippen molar-refractivity contribution in [3.63, 3.8) is 0 Å². The highest BCUT2D eigenvalue weighted by atomic mass is 16.5. The molecular formula is C44H57N9O5. The Morgan fingerprint density at radius 3 is 2.36 bits per heavy atom. The number of carbonyl (C=O) groups is 4. The molecule has 5 aliphatic rings. The lowest BCUT2D eigenvalue weighted by Gasteiger charge is -2.42. The van der Waals surface area contributed by atoms with Crippen LogP contribution in [0.25, 0.3) is 0 Å². The quantitative estimate of drug-likeness (QED) is 0.176. The average molecular weight is 792 g/mol. The fourth-order valence-electron chi connectivity index (χ4n) is 9.72. The summed E-state index contributed by atoms with van der Waals surface area (Å²) in [6.45, 7) is 4.99. The van der Waals surface area contributed by atoms with Crippen LogP contribution >= 0.6 is 0 Å². The molecule has 4 heterocycles. The van der Waals surface area contributed by atoms with E-state index in [0.717, 1.165) is 88.1 Å². The molecule has 0 bridgehead atoms. The summed E-state index contributed by atoms with van der Waals surface area (Å²) in [5, 5.41) is 12.7. The Morgan fingerprint density at radius 1 is 0.914 bits per heavy atom. The number of aromatic nitrogens is 2. The lowest BCUT2D eigenvalue weighted by molar-refractivity contribution is -0.134. The van der Waals surface area contributed by atoms with Crippen molar-refractivity contribution in [3.8, 4) is 5.75 Å². The second-order valence-electron chi connectivity index (χ2n) is 16.9. The van der Waals surface area contributed by atoms with Crippen molar-refractivity contribution in [3.05, 3.63) is 59.8 Å². The van der Waals surface area contributed by atoms with E-state index in [4.69, 9.17) is 9.72 Å². The molecule has 1 aromatic heterocycles. The number of ether oxygens (including phenoxy) is 1. The van der Waals surface area contributed by atoms with Crippen molar-refractivity contribution >= 4 is 52.5 Å². The molecule has 2 aromatic carbocycles. The predicted molar refractivity (Wildman–Crippen MR) is 224 cm³/mol. The number of rotatable bonds is 11. The lowest BCUT2D eigenvalue weighted by atomic mass is 9.85. The van der Waals surface area contributed by atoms with Gasteiger partial charge in [0.05, 0.1) is 24.9 Å². The highest BCUT2D eigenvalue weighted by Gasteiger charge is 2.40. The third kappa shape index (κ3) is 8.62. The first kappa shape index (κ1) is 39.6. The van der Waals surface area contributed by atoms with Gasteiger partial charge in [-0.25, -0.2) is 4.98 Å². The van der Waals surface area contributed by atoms with Crippen LogP contribution in [-0.4, -0.2) is 96.5 Å². The van der Waals surface area contributed by atoms with Crippen LogP contribution in [0.2, 0.25) is 0 Å². The largest absolute Gasteiger partial charge is 0.495 e. The minimum atomic E-state index is -0.301. The Morgan fingerprint density at radius 2 is 1.66 bits per heavy atom. The van der Waals surface area contributed by atoms with Gasteiger partial charge in [0.15, 0.2) is 5.82 Å². The molecule has 3 aromatic rings. The van der Waals surface area contributed by atoms with E-state index in [1.54, 1.807) is 37.4 Å². The van der Waals surface area contributed by atoms with Gasteiger partial charge in [-0.1, -0.05) is 25.0 Å². The predicted octanol–water partition coefficient (Wildman–Crippen LogP) is 5.73. The van der Waals surface area contributed by atoms with Crippen LogP contribution in [0, 0.1) is 5.92 Å². The maximum Gasteiger partial charge on any atom is 0.251 e. The number of hydrogen-bond donors (Lipinski definition) is 4. The van der Waals surface area contributed by atoms with Crippen LogP contribution in [-0.2, 0) is 14.4 Å². The van der Waals surface area contributed by atoms with Crippen LogP contribution in [0.4, 0.5) is 28.8 Å². The van der Waals surface area contributed by atoms with E-state index in [1.807, 2.05) is 25.1 Å². The number of nitrogens with one attached hydrogen (secondary N) is 4. The van der Waals surface area contributed by atoms with Crippen LogP contribution < -0.4 is 35.8 Å². The molecule has 4 fully saturated rings. The maximum absolute atomic E-state index is 13.4. The number of nitrogens with zero attached hydrogens (tertiary/aromatic N) is 5. The summed E-state index contributed by atoms with van der Waals surface area (Å²) in [5.74, 6) is 1.64. The number of methoxy groups -OCH3 is 1. The second kappa shape index (κ2) is 17.3. The third-order valence-electron chi connectivity index (χ3n) is 13.1. The minimum Gasteiger partial charge on any atom is -0.495 e. The summed E-state index contributed by atoms with van der Waals surface area (Å²) < 4.78 is 5.72. The summed E-state index contributed by atoms with van der Waals surface area (Å²) in [4.78, 5) is 66.1. The van der Waals surface area contributed by atoms with Crippen LogP contribution in [0.15, 0.2) is 48.7 Å². The van der Waals surface area contributed by atoms with E-state index in [9.17, 15) is 19.2 Å². The van der Waals surface area contributed by atoms with Gasteiger partial charge in [-0.05, 0) is 107 Å². The van der Waals surface area contributed by atoms with Gasteiger partial charge >= 0.3 is 0 Å². The Hall–Kier alpha value is -5.24. The fourth-order valence-corrected chi connectivity index (χ4v) is 9.72. The summed E-state index contributed by atoms with van der Waals surface area (Å²) in [5.41, 5.74) is 3.92. The maximum atomic E-state index is 13.4. The number of carbonyl (C=O) groups excluding carboxylic acids is 4. The standard InChI is InChI=1S/C44H57N9O5/c1-27-43(57)51(2)37-25-45-44(50-40(37)53(27)34-6-4-5-7-34)48-36-18-12-30(24-38(36)58-3)41(55)47-33-20-22-52(23-21-33)26-28-8-13-31(14-9-28)46-32-15-10-29(11-16-32)35-17-19-39(54)49-42(35)56/h10-12,15-16,18,24-25,27-28,31,33-35,46H,4-9,13-14,17,19-23,26H2,1-3H3,(H,47,55)(H,45,48,50)(H,49,54,56)/t27-,28?,31?,35?/m1/s1. The molecule has 308 valence electrons. The molecule has 14 nitrogen and oxygen atoms in total. The first-order valence-corrected chi connectivity index (χ1v) is 21.2. The molecule has 2 aliphatic carbocycles. The van der Waals surface area contributed by atoms with Crippen molar-refractivity contribution in [2.24, 2.45) is 5.92 Å². The number of amides is 4. The van der Waals surface area contributed by atoms with Crippen molar-refractivity contribution in [1.82, 2.24) is 25.5 Å². The Bertz CT molecular complexity index is 1990. The normalized spacial score (nSPS) is 24.6. The van der Waals surface area contributed by atoms with Crippen LogP contribution in [0.1, 0.15) is 106 Å². The molecule has 4 amide bonds. The number of fused-ring (bicyclic) bond motifs is 1. The van der Waals surface area contributed by atoms with E-state index in [1.165, 1.54) is 12.8 Å². The zero-order valence-corrected chi connectivity index (χ0v) is 34.0. The van der Waals surface area contributed by atoms with Crippen molar-refractivity contribution in [1.29, 1.82) is 0 Å². The summed E-state index contributed by atoms with van der Waals surface area (Å²) in [6.07, 6.45) is 13.5. The minimum absolute atomic E-state index is 0.0449. The van der Waals surface area contributed by atoms with E-state index in [0.29, 0.717) is 53.4 Å². The number of likely N-dealkylation sites (N-methyl/N-ethyl adjacent to an activating group) is 1. The molecule has 2 saturated carbocycles. The second-order valence-corrected chi connectivity index (χ2v) is 16.9. The highest BCUT2D eigenvalue weighted by molar-refractivity contribution is 6.04. The number of anilines is 5. The smallest absolute Gasteiger partial charge is 0.251 e. The van der Waals surface area contributed by atoms with Gasteiger partial charge in [0, 0.05) is 62.5 Å². The fraction of sp³-hybridized carbons (Fsp3) is 0.545. The first-order chi connectivity index (χ1) is 28.1. The zero-order valence-electron chi connectivity index (χ0n) is 34.0. The van der Waals surface area contributed by atoms with Gasteiger partial charge in [0.1, 0.15) is 17.5 Å². The highest BCUT2D eigenvalue weighted by Crippen LogP contribution is 2.40. The topological polar surface area (TPSA) is 161 Å². The van der Waals surface area contributed by atoms with Gasteiger partial charge in [0.2, 0.25) is 23.7 Å². The van der Waals surface area contributed by atoms with Crippen molar-refractivity contribution < 1.29 is 23.9 Å². The molecule has 8 rings (SSSR count). The summed E-state index contributed by atoms with van der Waals surface area (Å²) in [6, 6.07) is 14.0. The van der Waals surface area contributed by atoms with Gasteiger partial charge in [-0.15, -0.1) is 0 Å². The SMILES string of the molecule is COc1cc(C(=O)NC2CCN(CC3CCC(Nc4ccc(C5CCC(=O)NC5=O)cc4)CC3)CC2)ccc1Nc1ncc2c(n1)N(C1CCCC1)[C@H](C)C(=O)N2C. The molecule has 2 atom stereocenters. The van der Waals surface area contributed by atoms with E-state index >= 15 is 0 Å². The number of benzene rings is 2. The molecule has 1 unspecified atom stereocenters. The summed E-state index contributed by atoms with van der Waals surface area (Å²) >= 11 is 0. The van der Waals surface area contributed by atoms with Gasteiger partial charge in [0.25, 0.3) is 5.91 Å². The molecule has 4 N–H and O–H groups in total. The Labute approximate surface area is 340 Å². The third-order valence-corrected chi connectivity index (χ3v) is 13.1. The number of imide groups is 1. The van der Waals surface area contributed by atoms with Crippen molar-refractivity contribution in [2.75, 3.05) is 54.2 Å². The summed E-state index contributed by atoms with van der Waals surface area (Å²) in [7, 11) is 3.37. The first-order valence-electron chi connectivity index (χ1n) is 21.2. The van der Waals surface area contributed by atoms with E-state index < -0.39 is 0 Å². The Balaban J connectivity index is 0.789. The molecule has 2 saturated heterocycles. The molecule has 3 aliphatic heterocycles. The monoisotopic (exact) mass is 791 g/mol. The van der Waals surface area contributed by atoms with Crippen LogP contribution in [0.3, 0.4) is 0 Å². The molecular weight excluding hydrogens is 735 g/mol. The number of likely N-dealkylation sites (tertiary alicyclic amines) is 1. The number of piperidine rings is 2. The van der Waals surface area contributed by atoms with Gasteiger partial charge < -0.3 is 35.4 Å². The molecule has 58 heavy (non-hydrogen) atoms. The Kier molecular flexibility index (Phi) is 11.8. The van der Waals surface area contributed by atoms with Gasteiger partial charge in [-0.2, -0.15) is 4.98 Å². The molecule has 0 radical (unpaired) electrons. The van der Waals surface area contributed by atoms with E-state index in [2.05, 4.69) is 48.2 Å². The number of hydrogen-bond acceptors (Lipinski definition) is 11. The lowest BCUT2D eigenvalue weighted by Crippen LogP contribution is -2.54. The zero-order chi connectivity index (χ0) is 40.3.